The number of hydrogen-bond donors (Lipinski definition) is 2. The molecule has 0 aliphatic carbocycles. The molecular weight excluding hydrogens is 244 g/mol. The van der Waals surface area contributed by atoms with E-state index in [2.05, 4.69) is 36.9 Å². The quantitative estimate of drug-likeness (QED) is 0.650. The maximum Gasteiger partial charge on any atom is 0.134 e. The zero-order chi connectivity index (χ0) is 13.1. The standard InChI is InChI=1S/C13H22N4S/c1-4-5-6-7-10-12-9(2)16-17(3)13(12)15-11(18)8-14-10/h11,15,18H,4-8H2,1-3H3. The lowest BCUT2D eigenvalue weighted by Crippen LogP contribution is -2.17. The molecule has 0 aromatic carbocycles. The van der Waals surface area contributed by atoms with E-state index < -0.39 is 0 Å². The molecule has 1 aliphatic heterocycles. The molecule has 0 saturated heterocycles. The predicted molar refractivity (Wildman–Crippen MR) is 79.9 cm³/mol. The Morgan fingerprint density at radius 2 is 2.22 bits per heavy atom. The van der Waals surface area contributed by atoms with Crippen LogP contribution in [0, 0.1) is 6.92 Å². The van der Waals surface area contributed by atoms with Crippen molar-refractivity contribution in [2.24, 2.45) is 12.0 Å². The number of aromatic nitrogens is 2. The third-order valence-electron chi connectivity index (χ3n) is 3.29. The smallest absolute Gasteiger partial charge is 0.134 e. The molecule has 5 heteroatoms. The molecule has 0 spiro atoms. The van der Waals surface area contributed by atoms with Crippen molar-refractivity contribution in [3.63, 3.8) is 0 Å². The Hall–Kier alpha value is -0.970. The number of nitrogens with one attached hydrogen (secondary N) is 1. The van der Waals surface area contributed by atoms with Crippen molar-refractivity contribution in [3.05, 3.63) is 11.3 Å². The zero-order valence-corrected chi connectivity index (χ0v) is 12.3. The van der Waals surface area contributed by atoms with Crippen molar-refractivity contribution in [1.82, 2.24) is 9.78 Å². The molecule has 1 aliphatic rings. The lowest BCUT2D eigenvalue weighted by Gasteiger charge is -2.10. The van der Waals surface area contributed by atoms with Crippen LogP contribution >= 0.6 is 12.6 Å². The molecule has 1 aromatic heterocycles. The molecule has 2 rings (SSSR count). The number of rotatable bonds is 4. The first-order chi connectivity index (χ1) is 8.63. The van der Waals surface area contributed by atoms with E-state index in [1.54, 1.807) is 0 Å². The minimum Gasteiger partial charge on any atom is -0.356 e. The largest absolute Gasteiger partial charge is 0.356 e. The van der Waals surface area contributed by atoms with E-state index in [0.717, 1.165) is 24.5 Å². The predicted octanol–water partition coefficient (Wildman–Crippen LogP) is 2.78. The fraction of sp³-hybridized carbons (Fsp3) is 0.692. The van der Waals surface area contributed by atoms with Crippen LogP contribution in [0.4, 0.5) is 5.82 Å². The van der Waals surface area contributed by atoms with E-state index in [-0.39, 0.29) is 5.37 Å². The Labute approximate surface area is 114 Å². The topological polar surface area (TPSA) is 42.2 Å². The third kappa shape index (κ3) is 2.71. The molecule has 100 valence electrons. The summed E-state index contributed by atoms with van der Waals surface area (Å²) in [4.78, 5) is 4.72. The number of unbranched alkanes of at least 4 members (excludes halogenated alkanes) is 2. The lowest BCUT2D eigenvalue weighted by atomic mass is 10.0. The maximum atomic E-state index is 4.72. The van der Waals surface area contributed by atoms with Crippen LogP contribution in [-0.2, 0) is 7.05 Å². The highest BCUT2D eigenvalue weighted by Crippen LogP contribution is 2.26. The van der Waals surface area contributed by atoms with E-state index in [0.29, 0.717) is 0 Å². The molecule has 1 atom stereocenters. The Balaban J connectivity index is 2.29. The monoisotopic (exact) mass is 266 g/mol. The Bertz CT molecular complexity index is 450. The Morgan fingerprint density at radius 3 is 2.94 bits per heavy atom. The number of aliphatic imine (C=N–C) groups is 1. The average Bonchev–Trinajstić information content (AvgIpc) is 2.50. The van der Waals surface area contributed by atoms with Gasteiger partial charge in [-0.2, -0.15) is 17.7 Å². The van der Waals surface area contributed by atoms with Crippen molar-refractivity contribution in [3.8, 4) is 0 Å². The second kappa shape index (κ2) is 5.78. The van der Waals surface area contributed by atoms with Gasteiger partial charge in [0.2, 0.25) is 0 Å². The fourth-order valence-corrected chi connectivity index (χ4v) is 2.60. The van der Waals surface area contributed by atoms with Gasteiger partial charge in [0.25, 0.3) is 0 Å². The summed E-state index contributed by atoms with van der Waals surface area (Å²) in [5, 5.41) is 7.94. The van der Waals surface area contributed by atoms with Gasteiger partial charge in [0.15, 0.2) is 0 Å². The van der Waals surface area contributed by atoms with Crippen LogP contribution in [-0.4, -0.2) is 27.4 Å². The van der Waals surface area contributed by atoms with Crippen LogP contribution in [0.15, 0.2) is 4.99 Å². The van der Waals surface area contributed by atoms with E-state index in [1.807, 2.05) is 11.7 Å². The van der Waals surface area contributed by atoms with Crippen molar-refractivity contribution in [2.45, 2.75) is 44.9 Å². The maximum absolute atomic E-state index is 4.72. The van der Waals surface area contributed by atoms with E-state index in [9.17, 15) is 0 Å². The molecule has 0 radical (unpaired) electrons. The average molecular weight is 266 g/mol. The summed E-state index contributed by atoms with van der Waals surface area (Å²) < 4.78 is 1.90. The third-order valence-corrected chi connectivity index (χ3v) is 3.58. The van der Waals surface area contributed by atoms with Gasteiger partial charge >= 0.3 is 0 Å². The first-order valence-electron chi connectivity index (χ1n) is 6.65. The molecule has 0 saturated carbocycles. The molecule has 0 amide bonds. The summed E-state index contributed by atoms with van der Waals surface area (Å²) in [6.45, 7) is 4.99. The normalized spacial score (nSPS) is 18.9. The summed E-state index contributed by atoms with van der Waals surface area (Å²) in [6.07, 6.45) is 4.72. The molecule has 4 nitrogen and oxygen atoms in total. The lowest BCUT2D eigenvalue weighted by molar-refractivity contribution is 0.740. The van der Waals surface area contributed by atoms with Crippen LogP contribution in [0.3, 0.4) is 0 Å². The summed E-state index contributed by atoms with van der Waals surface area (Å²) in [5.74, 6) is 1.06. The number of aryl methyl sites for hydroxylation is 2. The molecule has 0 fully saturated rings. The highest BCUT2D eigenvalue weighted by Gasteiger charge is 2.22. The number of thiol groups is 1. The van der Waals surface area contributed by atoms with Gasteiger partial charge in [-0.05, 0) is 19.8 Å². The van der Waals surface area contributed by atoms with Crippen molar-refractivity contribution < 1.29 is 0 Å². The van der Waals surface area contributed by atoms with Gasteiger partial charge in [-0.15, -0.1) is 0 Å². The van der Waals surface area contributed by atoms with Gasteiger partial charge in [0.05, 0.1) is 23.2 Å². The van der Waals surface area contributed by atoms with Crippen LogP contribution in [0.2, 0.25) is 0 Å². The molecule has 1 N–H and O–H groups in total. The first kappa shape index (κ1) is 13.5. The van der Waals surface area contributed by atoms with E-state index in [4.69, 9.17) is 4.99 Å². The van der Waals surface area contributed by atoms with Crippen LogP contribution in [0.25, 0.3) is 0 Å². The molecule has 1 aromatic rings. The second-order valence-electron chi connectivity index (χ2n) is 4.84. The van der Waals surface area contributed by atoms with Crippen LogP contribution in [0.1, 0.15) is 43.9 Å². The minimum atomic E-state index is 0.0715. The van der Waals surface area contributed by atoms with Gasteiger partial charge in [0.1, 0.15) is 5.82 Å². The number of hydrogen-bond acceptors (Lipinski definition) is 4. The fourth-order valence-electron chi connectivity index (χ4n) is 2.39. The van der Waals surface area contributed by atoms with Crippen molar-refractivity contribution >= 4 is 24.2 Å². The van der Waals surface area contributed by atoms with Gasteiger partial charge < -0.3 is 5.32 Å². The van der Waals surface area contributed by atoms with Crippen LogP contribution in [0.5, 0.6) is 0 Å². The SMILES string of the molecule is CCCCCC1=NCC(S)Nc2c1c(C)nn2C. The number of nitrogens with zero attached hydrogens (tertiary/aromatic N) is 3. The van der Waals surface area contributed by atoms with Gasteiger partial charge in [0, 0.05) is 12.8 Å². The Kier molecular flexibility index (Phi) is 4.32. The highest BCUT2D eigenvalue weighted by atomic mass is 32.1. The van der Waals surface area contributed by atoms with Crippen molar-refractivity contribution in [2.75, 3.05) is 11.9 Å². The van der Waals surface area contributed by atoms with Crippen LogP contribution < -0.4 is 5.32 Å². The van der Waals surface area contributed by atoms with Gasteiger partial charge in [-0.1, -0.05) is 19.8 Å². The van der Waals surface area contributed by atoms with E-state index >= 15 is 0 Å². The summed E-state index contributed by atoms with van der Waals surface area (Å²) in [7, 11) is 1.97. The van der Waals surface area contributed by atoms with Gasteiger partial charge in [-0.3, -0.25) is 9.67 Å². The number of anilines is 1. The highest BCUT2D eigenvalue weighted by molar-refractivity contribution is 7.81. The molecule has 0 bridgehead atoms. The summed E-state index contributed by atoms with van der Waals surface area (Å²) in [5.41, 5.74) is 3.43. The summed E-state index contributed by atoms with van der Waals surface area (Å²) in [6, 6.07) is 0. The van der Waals surface area contributed by atoms with Crippen molar-refractivity contribution in [1.29, 1.82) is 0 Å². The molecule has 2 heterocycles. The number of fused-ring (bicyclic) bond motifs is 1. The zero-order valence-electron chi connectivity index (χ0n) is 11.4. The molecule has 1 unspecified atom stereocenters. The Morgan fingerprint density at radius 1 is 1.44 bits per heavy atom. The second-order valence-corrected chi connectivity index (χ2v) is 5.46. The minimum absolute atomic E-state index is 0.0715. The molecular formula is C13H22N4S. The first-order valence-corrected chi connectivity index (χ1v) is 7.17. The molecule has 18 heavy (non-hydrogen) atoms. The van der Waals surface area contributed by atoms with E-state index in [1.165, 1.54) is 30.5 Å². The van der Waals surface area contributed by atoms with Gasteiger partial charge in [-0.25, -0.2) is 0 Å². The summed E-state index contributed by atoms with van der Waals surface area (Å²) >= 11 is 4.50.